The number of thioether (sulfide) groups is 1. The van der Waals surface area contributed by atoms with Crippen LogP contribution in [0.3, 0.4) is 0 Å². The van der Waals surface area contributed by atoms with Crippen LogP contribution in [-0.4, -0.2) is 25.3 Å². The smallest absolute Gasteiger partial charge is 0.191 e. The Kier molecular flexibility index (Phi) is 3.29. The molecule has 102 valence electrons. The van der Waals surface area contributed by atoms with Gasteiger partial charge in [0.1, 0.15) is 0 Å². The minimum absolute atomic E-state index is 0.521. The van der Waals surface area contributed by atoms with Crippen LogP contribution >= 0.6 is 50.6 Å². The van der Waals surface area contributed by atoms with Gasteiger partial charge in [-0.05, 0) is 6.07 Å². The van der Waals surface area contributed by atoms with Crippen LogP contribution in [0.25, 0.3) is 20.8 Å². The molecule has 4 rings (SSSR count). The van der Waals surface area contributed by atoms with Crippen molar-refractivity contribution in [3.63, 3.8) is 0 Å². The second-order valence-corrected chi connectivity index (χ2v) is 7.90. The number of alkyl halides is 1. The molecule has 1 aromatic carbocycles. The number of halogens is 2. The maximum atomic E-state index is 6.53. The van der Waals surface area contributed by atoms with Crippen LogP contribution in [0.4, 0.5) is 0 Å². The second-order valence-electron chi connectivity index (χ2n) is 4.55. The van der Waals surface area contributed by atoms with E-state index in [-0.39, 0.29) is 0 Å². The first kappa shape index (κ1) is 13.1. The van der Waals surface area contributed by atoms with Crippen LogP contribution in [0.1, 0.15) is 0 Å². The monoisotopic (exact) mass is 385 g/mol. The Labute approximate surface area is 137 Å². The number of hydrogen-bond acceptors (Lipinski definition) is 4. The first-order valence-corrected chi connectivity index (χ1v) is 9.30. The summed E-state index contributed by atoms with van der Waals surface area (Å²) in [5, 5.41) is 13.0. The quantitative estimate of drug-likeness (QED) is 0.599. The summed E-state index contributed by atoms with van der Waals surface area (Å²) in [6.45, 7) is 0.929. The number of nitrogens with zero attached hydrogens (tertiary/aromatic N) is 3. The Bertz CT molecular complexity index is 798. The maximum absolute atomic E-state index is 6.53. The summed E-state index contributed by atoms with van der Waals surface area (Å²) in [4.78, 5) is 1.02. The second kappa shape index (κ2) is 5.02. The maximum Gasteiger partial charge on any atom is 0.191 e. The molecular weight excluding hydrogens is 378 g/mol. The first-order chi connectivity index (χ1) is 9.78. The molecule has 0 saturated heterocycles. The first-order valence-electron chi connectivity index (χ1n) is 6.11. The fraction of sp³-hybridized carbons (Fsp3) is 0.231. The Balaban J connectivity index is 1.87. The van der Waals surface area contributed by atoms with Gasteiger partial charge in [-0.2, -0.15) is 0 Å². The average molecular weight is 387 g/mol. The number of rotatable bonds is 2. The van der Waals surface area contributed by atoms with Crippen molar-refractivity contribution in [3.05, 3.63) is 29.3 Å². The molecule has 0 bridgehead atoms. The Morgan fingerprint density at radius 2 is 2.20 bits per heavy atom. The minimum atomic E-state index is 0.521. The van der Waals surface area contributed by atoms with E-state index in [0.717, 1.165) is 38.1 Å². The molecule has 0 N–H and O–H groups in total. The molecule has 20 heavy (non-hydrogen) atoms. The molecule has 3 aromatic rings. The summed E-state index contributed by atoms with van der Waals surface area (Å²) in [7, 11) is 0. The minimum Gasteiger partial charge on any atom is -0.300 e. The van der Waals surface area contributed by atoms with Gasteiger partial charge in [-0.25, -0.2) is 0 Å². The molecule has 0 unspecified atom stereocenters. The third kappa shape index (κ3) is 1.93. The van der Waals surface area contributed by atoms with Crippen LogP contribution < -0.4 is 0 Å². The van der Waals surface area contributed by atoms with Gasteiger partial charge < -0.3 is 4.57 Å². The molecule has 1 aliphatic heterocycles. The van der Waals surface area contributed by atoms with Gasteiger partial charge in [-0.15, -0.1) is 21.5 Å². The van der Waals surface area contributed by atoms with Gasteiger partial charge in [0.05, 0.1) is 9.90 Å². The third-order valence-electron chi connectivity index (χ3n) is 3.29. The van der Waals surface area contributed by atoms with E-state index >= 15 is 0 Å². The van der Waals surface area contributed by atoms with Crippen molar-refractivity contribution < 1.29 is 0 Å². The topological polar surface area (TPSA) is 30.7 Å². The van der Waals surface area contributed by atoms with E-state index in [1.807, 2.05) is 12.1 Å². The van der Waals surface area contributed by atoms with Crippen molar-refractivity contribution in [2.45, 2.75) is 17.0 Å². The van der Waals surface area contributed by atoms with Crippen molar-refractivity contribution >= 4 is 60.7 Å². The van der Waals surface area contributed by atoms with Crippen molar-refractivity contribution in [3.8, 4) is 10.7 Å². The molecule has 7 heteroatoms. The van der Waals surface area contributed by atoms with E-state index in [1.54, 1.807) is 23.1 Å². The van der Waals surface area contributed by atoms with E-state index in [4.69, 9.17) is 11.6 Å². The number of fused-ring (bicyclic) bond motifs is 2. The van der Waals surface area contributed by atoms with Gasteiger partial charge >= 0.3 is 0 Å². The lowest BCUT2D eigenvalue weighted by molar-refractivity contribution is 0.680. The van der Waals surface area contributed by atoms with E-state index in [2.05, 4.69) is 42.8 Å². The fourth-order valence-corrected chi connectivity index (χ4v) is 5.41. The van der Waals surface area contributed by atoms with E-state index in [9.17, 15) is 0 Å². The highest BCUT2D eigenvalue weighted by molar-refractivity contribution is 9.09. The Morgan fingerprint density at radius 3 is 3.00 bits per heavy atom. The molecule has 2 aromatic heterocycles. The summed E-state index contributed by atoms with van der Waals surface area (Å²) in [5.74, 6) is 0.891. The predicted octanol–water partition coefficient (Wildman–Crippen LogP) is 4.68. The van der Waals surface area contributed by atoms with Crippen molar-refractivity contribution in [2.75, 3.05) is 5.33 Å². The number of thiophene rings is 1. The lowest BCUT2D eigenvalue weighted by Crippen LogP contribution is -2.07. The lowest BCUT2D eigenvalue weighted by atomic mass is 10.2. The van der Waals surface area contributed by atoms with Gasteiger partial charge in [-0.1, -0.05) is 57.5 Å². The molecule has 1 aliphatic rings. The van der Waals surface area contributed by atoms with Crippen LogP contribution in [0.15, 0.2) is 29.4 Å². The van der Waals surface area contributed by atoms with Crippen LogP contribution in [0.2, 0.25) is 5.02 Å². The highest BCUT2D eigenvalue weighted by Gasteiger charge is 2.28. The van der Waals surface area contributed by atoms with Gasteiger partial charge in [0.25, 0.3) is 0 Å². The average Bonchev–Trinajstić information content (AvgIpc) is 3.12. The molecule has 1 atom stereocenters. The standard InChI is InChI=1S/C13H9BrClN3S2/c14-5-7-6-18-12(16-17-13(18)19-7)11-10(15)8-3-1-2-4-9(8)20-11/h1-4,7H,5-6H2/t7-/m0/s1. The van der Waals surface area contributed by atoms with Crippen molar-refractivity contribution in [1.29, 1.82) is 0 Å². The Hall–Kier alpha value is -0.560. The van der Waals surface area contributed by atoms with Crippen molar-refractivity contribution in [1.82, 2.24) is 14.8 Å². The van der Waals surface area contributed by atoms with Gasteiger partial charge in [0, 0.05) is 27.2 Å². The summed E-state index contributed by atoms with van der Waals surface area (Å²) < 4.78 is 3.36. The third-order valence-corrected chi connectivity index (χ3v) is 7.33. The highest BCUT2D eigenvalue weighted by Crippen LogP contribution is 2.43. The number of benzene rings is 1. The number of hydrogen-bond donors (Lipinski definition) is 0. The van der Waals surface area contributed by atoms with Crippen LogP contribution in [0, 0.1) is 0 Å². The van der Waals surface area contributed by atoms with E-state index < -0.39 is 0 Å². The molecular formula is C13H9BrClN3S2. The zero-order valence-corrected chi connectivity index (χ0v) is 14.2. The van der Waals surface area contributed by atoms with E-state index in [0.29, 0.717) is 5.25 Å². The normalized spacial score (nSPS) is 17.8. The molecule has 0 spiro atoms. The fourth-order valence-electron chi connectivity index (χ4n) is 2.34. The summed E-state index contributed by atoms with van der Waals surface area (Å²) in [6.07, 6.45) is 0. The molecule has 3 heterocycles. The largest absolute Gasteiger partial charge is 0.300 e. The van der Waals surface area contributed by atoms with Crippen LogP contribution in [0.5, 0.6) is 0 Å². The predicted molar refractivity (Wildman–Crippen MR) is 89.3 cm³/mol. The molecule has 3 nitrogen and oxygen atoms in total. The SMILES string of the molecule is Clc1c(-c2nnc3n2C[C@H](CBr)S3)sc2ccccc12. The summed E-state index contributed by atoms with van der Waals surface area (Å²) in [5.41, 5.74) is 0. The molecule has 0 fully saturated rings. The molecule has 0 aliphatic carbocycles. The summed E-state index contributed by atoms with van der Waals surface area (Å²) >= 11 is 13.5. The lowest BCUT2D eigenvalue weighted by Gasteiger charge is -2.03. The van der Waals surface area contributed by atoms with Crippen molar-refractivity contribution in [2.24, 2.45) is 0 Å². The van der Waals surface area contributed by atoms with Gasteiger partial charge in [-0.3, -0.25) is 0 Å². The van der Waals surface area contributed by atoms with Gasteiger partial charge in [0.2, 0.25) is 0 Å². The zero-order valence-electron chi connectivity index (χ0n) is 10.2. The van der Waals surface area contributed by atoms with Gasteiger partial charge in [0.15, 0.2) is 11.0 Å². The number of aromatic nitrogens is 3. The van der Waals surface area contributed by atoms with E-state index in [1.165, 1.54) is 4.70 Å². The molecule has 0 saturated carbocycles. The summed E-state index contributed by atoms with van der Waals surface area (Å²) in [6, 6.07) is 8.18. The molecule has 0 amide bonds. The zero-order chi connectivity index (χ0) is 13.7. The Morgan fingerprint density at radius 1 is 1.35 bits per heavy atom. The highest BCUT2D eigenvalue weighted by atomic mass is 79.9. The van der Waals surface area contributed by atoms with Crippen LogP contribution in [-0.2, 0) is 6.54 Å². The molecule has 0 radical (unpaired) electrons.